The van der Waals surface area contributed by atoms with Crippen LogP contribution in [-0.4, -0.2) is 38.9 Å². The lowest BCUT2D eigenvalue weighted by Gasteiger charge is -2.37. The highest BCUT2D eigenvalue weighted by Crippen LogP contribution is 2.23. The highest BCUT2D eigenvalue weighted by Gasteiger charge is 2.27. The van der Waals surface area contributed by atoms with E-state index in [2.05, 4.69) is 55.3 Å². The summed E-state index contributed by atoms with van der Waals surface area (Å²) < 4.78 is 5.74. The number of ether oxygens (including phenoxy) is 1. The number of nitrogens with one attached hydrogen (secondary N) is 1. The lowest BCUT2D eigenvalue weighted by atomic mass is 9.94. The summed E-state index contributed by atoms with van der Waals surface area (Å²) in [7, 11) is 0. The second-order valence-corrected chi connectivity index (χ2v) is 6.01. The third kappa shape index (κ3) is 4.45. The molecule has 1 aliphatic rings. The van der Waals surface area contributed by atoms with Crippen molar-refractivity contribution in [3.8, 4) is 0 Å². The van der Waals surface area contributed by atoms with Crippen LogP contribution in [-0.2, 0) is 4.74 Å². The van der Waals surface area contributed by atoms with E-state index in [4.69, 9.17) is 4.74 Å². The molecule has 0 aromatic heterocycles. The number of benzene rings is 1. The van der Waals surface area contributed by atoms with Crippen LogP contribution in [0.1, 0.15) is 32.3 Å². The molecule has 0 radical (unpaired) electrons. The second-order valence-electron chi connectivity index (χ2n) is 6.01. The minimum absolute atomic E-state index is 0.574. The fourth-order valence-corrected chi connectivity index (χ4v) is 3.17. The molecule has 2 unspecified atom stereocenters. The number of nitrogens with zero attached hydrogens (tertiary/aromatic N) is 1. The zero-order chi connectivity index (χ0) is 15.1. The van der Waals surface area contributed by atoms with Gasteiger partial charge in [0.15, 0.2) is 0 Å². The Hall–Kier alpha value is -1.06. The first-order valence-corrected chi connectivity index (χ1v) is 8.38. The summed E-state index contributed by atoms with van der Waals surface area (Å²) in [4.78, 5) is 2.50. The fourth-order valence-electron chi connectivity index (χ4n) is 3.17. The van der Waals surface area contributed by atoms with Gasteiger partial charge in [0.05, 0.1) is 6.61 Å². The molecule has 0 spiro atoms. The van der Waals surface area contributed by atoms with Crippen LogP contribution in [0.2, 0.25) is 0 Å². The molecule has 1 saturated heterocycles. The molecule has 3 nitrogen and oxygen atoms in total. The fraction of sp³-hybridized carbons (Fsp3) is 0.667. The lowest BCUT2D eigenvalue weighted by Crippen LogP contribution is -2.48. The molecular formula is C18H30N2O. The molecule has 1 fully saturated rings. The van der Waals surface area contributed by atoms with E-state index < -0.39 is 0 Å². The molecule has 0 saturated carbocycles. The Morgan fingerprint density at radius 2 is 2.10 bits per heavy atom. The Bertz CT molecular complexity index is 421. The van der Waals surface area contributed by atoms with Crippen molar-refractivity contribution in [3.63, 3.8) is 0 Å². The van der Waals surface area contributed by atoms with Crippen molar-refractivity contribution < 1.29 is 4.74 Å². The van der Waals surface area contributed by atoms with Crippen molar-refractivity contribution in [1.82, 2.24) is 5.32 Å². The lowest BCUT2D eigenvalue weighted by molar-refractivity contribution is 0.0348. The summed E-state index contributed by atoms with van der Waals surface area (Å²) >= 11 is 0. The molecule has 2 atom stereocenters. The summed E-state index contributed by atoms with van der Waals surface area (Å²) in [6.45, 7) is 11.7. The smallest absolute Gasteiger partial charge is 0.0526 e. The van der Waals surface area contributed by atoms with Crippen molar-refractivity contribution in [3.05, 3.63) is 29.8 Å². The van der Waals surface area contributed by atoms with Gasteiger partial charge in [0, 0.05) is 37.3 Å². The molecule has 0 amide bonds. The molecule has 2 rings (SSSR count). The van der Waals surface area contributed by atoms with E-state index in [0.29, 0.717) is 12.0 Å². The van der Waals surface area contributed by atoms with Gasteiger partial charge in [0.1, 0.15) is 0 Å². The molecule has 0 bridgehead atoms. The average molecular weight is 290 g/mol. The summed E-state index contributed by atoms with van der Waals surface area (Å²) in [6.07, 6.45) is 2.33. The van der Waals surface area contributed by atoms with Gasteiger partial charge in [-0.2, -0.15) is 0 Å². The SMILES string of the molecule is CCCNC1CCOCC1CN(CC)c1ccccc1C. The minimum Gasteiger partial charge on any atom is -0.381 e. The summed E-state index contributed by atoms with van der Waals surface area (Å²) in [5, 5.41) is 3.71. The van der Waals surface area contributed by atoms with Gasteiger partial charge in [-0.3, -0.25) is 0 Å². The maximum absolute atomic E-state index is 5.74. The number of para-hydroxylation sites is 1. The Balaban J connectivity index is 2.03. The zero-order valence-electron chi connectivity index (χ0n) is 13.8. The molecule has 1 aromatic rings. The van der Waals surface area contributed by atoms with Gasteiger partial charge in [0.25, 0.3) is 0 Å². The summed E-state index contributed by atoms with van der Waals surface area (Å²) in [5.41, 5.74) is 2.72. The zero-order valence-corrected chi connectivity index (χ0v) is 13.8. The molecule has 1 aliphatic heterocycles. The van der Waals surface area contributed by atoms with Crippen LogP contribution < -0.4 is 10.2 Å². The van der Waals surface area contributed by atoms with Crippen molar-refractivity contribution in [2.45, 2.75) is 39.7 Å². The van der Waals surface area contributed by atoms with E-state index in [1.54, 1.807) is 0 Å². The van der Waals surface area contributed by atoms with Gasteiger partial charge >= 0.3 is 0 Å². The largest absolute Gasteiger partial charge is 0.381 e. The first kappa shape index (κ1) is 16.3. The van der Waals surface area contributed by atoms with Gasteiger partial charge in [-0.25, -0.2) is 0 Å². The Kier molecular flexibility index (Phi) is 6.52. The predicted molar refractivity (Wildman–Crippen MR) is 90.1 cm³/mol. The molecule has 21 heavy (non-hydrogen) atoms. The average Bonchev–Trinajstić information content (AvgIpc) is 2.52. The van der Waals surface area contributed by atoms with Crippen molar-refractivity contribution in [2.24, 2.45) is 5.92 Å². The number of anilines is 1. The number of hydrogen-bond acceptors (Lipinski definition) is 3. The monoisotopic (exact) mass is 290 g/mol. The molecule has 1 heterocycles. The number of rotatable bonds is 7. The topological polar surface area (TPSA) is 24.5 Å². The van der Waals surface area contributed by atoms with E-state index in [9.17, 15) is 0 Å². The Labute approximate surface area is 129 Å². The quantitative estimate of drug-likeness (QED) is 0.834. The predicted octanol–water partition coefficient (Wildman–Crippen LogP) is 3.23. The van der Waals surface area contributed by atoms with Crippen molar-refractivity contribution in [1.29, 1.82) is 0 Å². The molecule has 1 aromatic carbocycles. The van der Waals surface area contributed by atoms with Crippen molar-refractivity contribution in [2.75, 3.05) is 37.7 Å². The van der Waals surface area contributed by atoms with Gasteiger partial charge in [-0.15, -0.1) is 0 Å². The molecule has 3 heteroatoms. The summed E-state index contributed by atoms with van der Waals surface area (Å²) in [6, 6.07) is 9.27. The van der Waals surface area contributed by atoms with E-state index in [1.807, 2.05) is 0 Å². The maximum Gasteiger partial charge on any atom is 0.0526 e. The molecule has 0 aliphatic carbocycles. The van der Waals surface area contributed by atoms with Gasteiger partial charge < -0.3 is 15.0 Å². The van der Waals surface area contributed by atoms with Crippen molar-refractivity contribution >= 4 is 5.69 Å². The highest BCUT2D eigenvalue weighted by atomic mass is 16.5. The molecule has 118 valence electrons. The third-order valence-electron chi connectivity index (χ3n) is 4.42. The Morgan fingerprint density at radius 3 is 2.81 bits per heavy atom. The second kappa shape index (κ2) is 8.40. The first-order valence-electron chi connectivity index (χ1n) is 8.38. The van der Waals surface area contributed by atoms with Crippen LogP contribution in [0.5, 0.6) is 0 Å². The van der Waals surface area contributed by atoms with E-state index in [0.717, 1.165) is 39.3 Å². The van der Waals surface area contributed by atoms with E-state index in [-0.39, 0.29) is 0 Å². The summed E-state index contributed by atoms with van der Waals surface area (Å²) in [5.74, 6) is 0.574. The first-order chi connectivity index (χ1) is 10.3. The van der Waals surface area contributed by atoms with Gasteiger partial charge in [-0.05, 0) is 44.9 Å². The standard InChI is InChI=1S/C18H30N2O/c1-4-11-19-17-10-12-21-14-16(17)13-20(5-2)18-9-7-6-8-15(18)3/h6-9,16-17,19H,4-5,10-14H2,1-3H3. The van der Waals surface area contributed by atoms with Crippen LogP contribution in [0, 0.1) is 12.8 Å². The van der Waals surface area contributed by atoms with E-state index in [1.165, 1.54) is 17.7 Å². The highest BCUT2D eigenvalue weighted by molar-refractivity contribution is 5.52. The van der Waals surface area contributed by atoms with E-state index >= 15 is 0 Å². The van der Waals surface area contributed by atoms with Crippen LogP contribution in [0.15, 0.2) is 24.3 Å². The van der Waals surface area contributed by atoms with Crippen LogP contribution >= 0.6 is 0 Å². The molecular weight excluding hydrogens is 260 g/mol. The number of hydrogen-bond donors (Lipinski definition) is 1. The van der Waals surface area contributed by atoms with Crippen LogP contribution in [0.25, 0.3) is 0 Å². The van der Waals surface area contributed by atoms with Crippen LogP contribution in [0.4, 0.5) is 5.69 Å². The number of aryl methyl sites for hydroxylation is 1. The third-order valence-corrected chi connectivity index (χ3v) is 4.42. The van der Waals surface area contributed by atoms with Gasteiger partial charge in [0.2, 0.25) is 0 Å². The minimum atomic E-state index is 0.574. The molecule has 1 N–H and O–H groups in total. The Morgan fingerprint density at radius 1 is 1.29 bits per heavy atom. The van der Waals surface area contributed by atoms with Crippen LogP contribution in [0.3, 0.4) is 0 Å². The van der Waals surface area contributed by atoms with Gasteiger partial charge in [-0.1, -0.05) is 25.1 Å². The maximum atomic E-state index is 5.74. The normalized spacial score (nSPS) is 22.2.